The molecule has 1 fully saturated rings. The molecule has 0 spiro atoms. The number of hydrogen-bond acceptors (Lipinski definition) is 3. The van der Waals surface area contributed by atoms with Crippen LogP contribution in [0.15, 0.2) is 36.4 Å². The number of carbonyl (C=O) groups is 3. The third kappa shape index (κ3) is 3.72. The first-order chi connectivity index (χ1) is 13.8. The molecule has 1 saturated heterocycles. The standard InChI is InChI=1S/C22H22ClN3O3/c1-13-3-4-17(23)11-19(13)24-22(29)16-10-21(28)26(12-16)18-5-6-20-15(9-18)7-8-25(20)14(2)27/h3-6,9,11,16H,7-8,10,12H2,1-2H3,(H,24,29)/t16-/m1/s1. The molecule has 2 aliphatic heterocycles. The van der Waals surface area contributed by atoms with Crippen LogP contribution in [0.4, 0.5) is 17.1 Å². The van der Waals surface area contributed by atoms with Crippen LogP contribution >= 0.6 is 11.6 Å². The quantitative estimate of drug-likeness (QED) is 0.839. The number of rotatable bonds is 3. The van der Waals surface area contributed by atoms with Crippen LogP contribution in [0.1, 0.15) is 24.5 Å². The molecule has 0 aliphatic carbocycles. The summed E-state index contributed by atoms with van der Waals surface area (Å²) in [5.41, 5.74) is 4.30. The van der Waals surface area contributed by atoms with Crippen LogP contribution in [0.2, 0.25) is 5.02 Å². The van der Waals surface area contributed by atoms with Crippen LogP contribution in [0.3, 0.4) is 0 Å². The Balaban J connectivity index is 1.49. The van der Waals surface area contributed by atoms with Gasteiger partial charge in [-0.05, 0) is 54.8 Å². The van der Waals surface area contributed by atoms with Crippen molar-refractivity contribution in [2.45, 2.75) is 26.7 Å². The van der Waals surface area contributed by atoms with E-state index in [9.17, 15) is 14.4 Å². The first-order valence-corrected chi connectivity index (χ1v) is 9.99. The van der Waals surface area contributed by atoms with E-state index in [1.54, 1.807) is 28.9 Å². The second-order valence-electron chi connectivity index (χ2n) is 7.59. The Morgan fingerprint density at radius 2 is 1.97 bits per heavy atom. The maximum atomic E-state index is 12.7. The molecule has 7 heteroatoms. The summed E-state index contributed by atoms with van der Waals surface area (Å²) in [4.78, 5) is 40.5. The second-order valence-corrected chi connectivity index (χ2v) is 8.02. The van der Waals surface area contributed by atoms with Crippen molar-refractivity contribution in [2.24, 2.45) is 5.92 Å². The molecule has 150 valence electrons. The number of amides is 3. The molecule has 4 rings (SSSR count). The van der Waals surface area contributed by atoms with E-state index in [1.807, 2.05) is 31.2 Å². The van der Waals surface area contributed by atoms with Gasteiger partial charge < -0.3 is 15.1 Å². The first kappa shape index (κ1) is 19.5. The van der Waals surface area contributed by atoms with Crippen molar-refractivity contribution >= 4 is 46.4 Å². The number of anilines is 3. The molecule has 1 atom stereocenters. The van der Waals surface area contributed by atoms with Gasteiger partial charge in [0.05, 0.1) is 5.92 Å². The monoisotopic (exact) mass is 411 g/mol. The molecule has 2 aromatic rings. The van der Waals surface area contributed by atoms with Gasteiger partial charge in [-0.25, -0.2) is 0 Å². The second kappa shape index (κ2) is 7.52. The van der Waals surface area contributed by atoms with Gasteiger partial charge in [0, 0.05) is 48.5 Å². The summed E-state index contributed by atoms with van der Waals surface area (Å²) >= 11 is 6.02. The zero-order valence-electron chi connectivity index (χ0n) is 16.4. The molecule has 0 radical (unpaired) electrons. The van der Waals surface area contributed by atoms with Crippen molar-refractivity contribution in [3.63, 3.8) is 0 Å². The van der Waals surface area contributed by atoms with Crippen LogP contribution < -0.4 is 15.1 Å². The normalized spacial score (nSPS) is 18.2. The number of aryl methyl sites for hydroxylation is 1. The minimum absolute atomic E-state index is 0.0155. The van der Waals surface area contributed by atoms with E-state index in [4.69, 9.17) is 11.6 Å². The molecule has 2 aliphatic rings. The molecule has 1 N–H and O–H groups in total. The lowest BCUT2D eigenvalue weighted by molar-refractivity contribution is -0.122. The number of halogens is 1. The summed E-state index contributed by atoms with van der Waals surface area (Å²) in [7, 11) is 0. The molecule has 0 bridgehead atoms. The van der Waals surface area contributed by atoms with E-state index < -0.39 is 5.92 Å². The third-order valence-corrected chi connectivity index (χ3v) is 5.84. The molecule has 0 unspecified atom stereocenters. The molecular formula is C22H22ClN3O3. The van der Waals surface area contributed by atoms with Gasteiger partial charge in [-0.1, -0.05) is 17.7 Å². The zero-order valence-corrected chi connectivity index (χ0v) is 17.1. The minimum atomic E-state index is -0.428. The van der Waals surface area contributed by atoms with Crippen molar-refractivity contribution in [2.75, 3.05) is 28.2 Å². The van der Waals surface area contributed by atoms with Gasteiger partial charge in [-0.3, -0.25) is 14.4 Å². The number of benzene rings is 2. The fourth-order valence-electron chi connectivity index (χ4n) is 3.98. The summed E-state index contributed by atoms with van der Waals surface area (Å²) in [6, 6.07) is 11.0. The van der Waals surface area contributed by atoms with E-state index in [0.29, 0.717) is 23.8 Å². The molecular weight excluding hydrogens is 390 g/mol. The number of fused-ring (bicyclic) bond motifs is 1. The van der Waals surface area contributed by atoms with Crippen LogP contribution in [0.5, 0.6) is 0 Å². The largest absolute Gasteiger partial charge is 0.325 e. The van der Waals surface area contributed by atoms with Crippen molar-refractivity contribution in [1.82, 2.24) is 0 Å². The molecule has 0 saturated carbocycles. The Labute approximate surface area is 174 Å². The van der Waals surface area contributed by atoms with Gasteiger partial charge in [0.25, 0.3) is 0 Å². The van der Waals surface area contributed by atoms with Crippen molar-refractivity contribution < 1.29 is 14.4 Å². The van der Waals surface area contributed by atoms with Crippen molar-refractivity contribution in [1.29, 1.82) is 0 Å². The molecule has 6 nitrogen and oxygen atoms in total. The maximum absolute atomic E-state index is 12.7. The predicted molar refractivity (Wildman–Crippen MR) is 113 cm³/mol. The van der Waals surface area contributed by atoms with Crippen LogP contribution in [-0.4, -0.2) is 30.8 Å². The van der Waals surface area contributed by atoms with E-state index in [-0.39, 0.29) is 24.1 Å². The summed E-state index contributed by atoms with van der Waals surface area (Å²) < 4.78 is 0. The average molecular weight is 412 g/mol. The maximum Gasteiger partial charge on any atom is 0.229 e. The van der Waals surface area contributed by atoms with Crippen LogP contribution in [0, 0.1) is 12.8 Å². The van der Waals surface area contributed by atoms with Crippen LogP contribution in [-0.2, 0) is 20.8 Å². The van der Waals surface area contributed by atoms with Crippen molar-refractivity contribution in [3.05, 3.63) is 52.5 Å². The molecule has 2 heterocycles. The Bertz CT molecular complexity index is 1020. The molecule has 29 heavy (non-hydrogen) atoms. The van der Waals surface area contributed by atoms with E-state index >= 15 is 0 Å². The number of carbonyl (C=O) groups excluding carboxylic acids is 3. The Morgan fingerprint density at radius 3 is 2.72 bits per heavy atom. The Kier molecular flexibility index (Phi) is 5.04. The van der Waals surface area contributed by atoms with Gasteiger partial charge in [0.1, 0.15) is 0 Å². The summed E-state index contributed by atoms with van der Waals surface area (Å²) in [5, 5.41) is 3.45. The highest BCUT2D eigenvalue weighted by molar-refractivity contribution is 6.31. The highest BCUT2D eigenvalue weighted by Crippen LogP contribution is 2.34. The first-order valence-electron chi connectivity index (χ1n) is 9.62. The zero-order chi connectivity index (χ0) is 20.7. The van der Waals surface area contributed by atoms with Crippen molar-refractivity contribution in [3.8, 4) is 0 Å². The SMILES string of the molecule is CC(=O)N1CCc2cc(N3C[C@H](C(=O)Nc4cc(Cl)ccc4C)CC3=O)ccc21. The topological polar surface area (TPSA) is 69.7 Å². The summed E-state index contributed by atoms with van der Waals surface area (Å²) in [5.74, 6) is -0.672. The van der Waals surface area contributed by atoms with E-state index in [1.165, 1.54) is 0 Å². The Morgan fingerprint density at radius 1 is 1.17 bits per heavy atom. The van der Waals surface area contributed by atoms with Gasteiger partial charge in [-0.2, -0.15) is 0 Å². The average Bonchev–Trinajstić information content (AvgIpc) is 3.27. The predicted octanol–water partition coefficient (Wildman–Crippen LogP) is 3.55. The lowest BCUT2D eigenvalue weighted by Gasteiger charge is -2.19. The fraction of sp³-hybridized carbons (Fsp3) is 0.318. The summed E-state index contributed by atoms with van der Waals surface area (Å²) in [6.07, 6.45) is 0.935. The lowest BCUT2D eigenvalue weighted by Crippen LogP contribution is -2.28. The fourth-order valence-corrected chi connectivity index (χ4v) is 4.15. The van der Waals surface area contributed by atoms with E-state index in [0.717, 1.165) is 28.9 Å². The minimum Gasteiger partial charge on any atom is -0.325 e. The number of nitrogens with one attached hydrogen (secondary N) is 1. The third-order valence-electron chi connectivity index (χ3n) is 5.60. The van der Waals surface area contributed by atoms with Gasteiger partial charge in [0.2, 0.25) is 17.7 Å². The van der Waals surface area contributed by atoms with Gasteiger partial charge >= 0.3 is 0 Å². The molecule has 0 aromatic heterocycles. The smallest absolute Gasteiger partial charge is 0.229 e. The number of hydrogen-bond donors (Lipinski definition) is 1. The van der Waals surface area contributed by atoms with E-state index in [2.05, 4.69) is 5.32 Å². The lowest BCUT2D eigenvalue weighted by atomic mass is 10.1. The highest BCUT2D eigenvalue weighted by atomic mass is 35.5. The molecule has 2 aromatic carbocycles. The highest BCUT2D eigenvalue weighted by Gasteiger charge is 2.36. The van der Waals surface area contributed by atoms with Gasteiger partial charge in [0.15, 0.2) is 0 Å². The van der Waals surface area contributed by atoms with Crippen LogP contribution in [0.25, 0.3) is 0 Å². The summed E-state index contributed by atoms with van der Waals surface area (Å²) in [6.45, 7) is 4.44. The number of nitrogens with zero attached hydrogens (tertiary/aromatic N) is 2. The Hall–Kier alpha value is -2.86. The molecule has 3 amide bonds. The van der Waals surface area contributed by atoms with Gasteiger partial charge in [-0.15, -0.1) is 0 Å².